The Kier molecular flexibility index (Phi) is 3.10. The fourth-order valence-electron chi connectivity index (χ4n) is 1.72. The van der Waals surface area contributed by atoms with Crippen molar-refractivity contribution in [3.8, 4) is 5.75 Å². The monoisotopic (exact) mass is 234 g/mol. The van der Waals surface area contributed by atoms with Crippen LogP contribution in [0.15, 0.2) is 23.7 Å². The first kappa shape index (κ1) is 11.0. The Bertz CT molecular complexity index is 480. The van der Waals surface area contributed by atoms with Crippen molar-refractivity contribution in [2.45, 2.75) is 13.8 Å². The average molecular weight is 234 g/mol. The van der Waals surface area contributed by atoms with Crippen molar-refractivity contribution in [1.29, 1.82) is 0 Å². The summed E-state index contributed by atoms with van der Waals surface area (Å²) in [6.45, 7) is 4.11. The molecule has 0 aliphatic heterocycles. The zero-order valence-corrected chi connectivity index (χ0v) is 10.4. The van der Waals surface area contributed by atoms with Crippen LogP contribution in [0.25, 0.3) is 0 Å². The number of nitrogens with zero attached hydrogens (tertiary/aromatic N) is 1. The van der Waals surface area contributed by atoms with Crippen molar-refractivity contribution in [2.75, 3.05) is 12.4 Å². The maximum atomic E-state index is 5.39. The van der Waals surface area contributed by atoms with E-state index in [1.165, 1.54) is 5.56 Å². The third-order valence-electron chi connectivity index (χ3n) is 2.30. The summed E-state index contributed by atoms with van der Waals surface area (Å²) in [4.78, 5) is 4.20. The molecule has 0 atom stereocenters. The molecule has 1 N–H and O–H groups in total. The summed E-state index contributed by atoms with van der Waals surface area (Å²) in [5.74, 6) is 0.876. The number of anilines is 2. The van der Waals surface area contributed by atoms with Gasteiger partial charge in [0.2, 0.25) is 0 Å². The fraction of sp³-hybridized carbons (Fsp3) is 0.250. The molecule has 0 radical (unpaired) electrons. The third kappa shape index (κ3) is 2.17. The Balaban J connectivity index is 2.39. The Morgan fingerprint density at radius 2 is 2.12 bits per heavy atom. The second-order valence-corrected chi connectivity index (χ2v) is 4.52. The lowest BCUT2D eigenvalue weighted by atomic mass is 10.1. The predicted octanol–water partition coefficient (Wildman–Crippen LogP) is 3.51. The molecule has 2 rings (SSSR count). The summed E-state index contributed by atoms with van der Waals surface area (Å²) in [6.07, 6.45) is 1.78. The first-order chi connectivity index (χ1) is 7.70. The Labute approximate surface area is 99.1 Å². The van der Waals surface area contributed by atoms with Gasteiger partial charge in [-0.15, -0.1) is 11.3 Å². The van der Waals surface area contributed by atoms with E-state index >= 15 is 0 Å². The highest BCUT2D eigenvalue weighted by Crippen LogP contribution is 2.32. The molecule has 1 aromatic heterocycles. The first-order valence-electron chi connectivity index (χ1n) is 5.02. The van der Waals surface area contributed by atoms with Crippen molar-refractivity contribution < 1.29 is 4.74 Å². The van der Waals surface area contributed by atoms with Gasteiger partial charge in [-0.3, -0.25) is 0 Å². The molecule has 1 aromatic carbocycles. The summed E-state index contributed by atoms with van der Waals surface area (Å²) >= 11 is 1.57. The quantitative estimate of drug-likeness (QED) is 0.882. The van der Waals surface area contributed by atoms with Gasteiger partial charge < -0.3 is 10.1 Å². The average Bonchev–Trinajstić information content (AvgIpc) is 2.70. The second kappa shape index (κ2) is 4.53. The van der Waals surface area contributed by atoms with E-state index < -0.39 is 0 Å². The summed E-state index contributed by atoms with van der Waals surface area (Å²) in [7, 11) is 1.69. The van der Waals surface area contributed by atoms with E-state index in [1.54, 1.807) is 24.6 Å². The summed E-state index contributed by atoms with van der Waals surface area (Å²) < 4.78 is 5.39. The molecule has 0 amide bonds. The minimum absolute atomic E-state index is 0.876. The van der Waals surface area contributed by atoms with Crippen LogP contribution in [0.5, 0.6) is 5.75 Å². The summed E-state index contributed by atoms with van der Waals surface area (Å²) in [5, 5.41) is 6.09. The van der Waals surface area contributed by atoms with Gasteiger partial charge in [-0.05, 0) is 31.0 Å². The van der Waals surface area contributed by atoms with Crippen LogP contribution < -0.4 is 10.1 Å². The van der Waals surface area contributed by atoms with Gasteiger partial charge in [0.1, 0.15) is 5.75 Å². The highest BCUT2D eigenvalue weighted by atomic mass is 32.1. The van der Waals surface area contributed by atoms with E-state index in [4.69, 9.17) is 4.74 Å². The lowest BCUT2D eigenvalue weighted by Crippen LogP contribution is -1.97. The number of nitrogens with one attached hydrogen (secondary N) is 1. The first-order valence-corrected chi connectivity index (χ1v) is 5.90. The van der Waals surface area contributed by atoms with Crippen molar-refractivity contribution >= 4 is 22.2 Å². The number of benzene rings is 1. The highest BCUT2D eigenvalue weighted by molar-refractivity contribution is 7.13. The molecule has 0 unspecified atom stereocenters. The van der Waals surface area contributed by atoms with Crippen LogP contribution in [-0.4, -0.2) is 12.1 Å². The number of rotatable bonds is 3. The summed E-state index contributed by atoms with van der Waals surface area (Å²) in [6, 6.07) is 4.17. The molecular formula is C12H14N2OS. The Hall–Kier alpha value is -1.55. The molecule has 0 aliphatic carbocycles. The number of aryl methyl sites for hydroxylation is 2. The van der Waals surface area contributed by atoms with Crippen LogP contribution in [0.4, 0.5) is 10.8 Å². The molecule has 0 fully saturated rings. The van der Waals surface area contributed by atoms with Crippen LogP contribution in [0, 0.1) is 13.8 Å². The smallest absolute Gasteiger partial charge is 0.187 e. The minimum Gasteiger partial charge on any atom is -0.494 e. The van der Waals surface area contributed by atoms with E-state index in [9.17, 15) is 0 Å². The number of aromatic nitrogens is 1. The molecule has 2 aromatic rings. The van der Waals surface area contributed by atoms with Crippen molar-refractivity contribution in [1.82, 2.24) is 4.98 Å². The van der Waals surface area contributed by atoms with E-state index in [2.05, 4.69) is 29.4 Å². The molecular weight excluding hydrogens is 220 g/mol. The molecule has 0 saturated heterocycles. The van der Waals surface area contributed by atoms with Crippen LogP contribution in [0.2, 0.25) is 0 Å². The lowest BCUT2D eigenvalue weighted by molar-refractivity contribution is 0.413. The van der Waals surface area contributed by atoms with Crippen LogP contribution in [0.3, 0.4) is 0 Å². The highest BCUT2D eigenvalue weighted by Gasteiger charge is 2.08. The Morgan fingerprint density at radius 1 is 1.31 bits per heavy atom. The maximum Gasteiger partial charge on any atom is 0.187 e. The van der Waals surface area contributed by atoms with E-state index in [-0.39, 0.29) is 0 Å². The standard InChI is InChI=1S/C12H14N2OS/c1-8-6-9(2)11(15-3)10(7-8)14-12-13-4-5-16-12/h4-7H,1-3H3,(H,13,14). The van der Waals surface area contributed by atoms with Crippen molar-refractivity contribution in [3.05, 3.63) is 34.8 Å². The number of hydrogen-bond acceptors (Lipinski definition) is 4. The SMILES string of the molecule is COc1c(C)cc(C)cc1Nc1nccs1. The van der Waals surface area contributed by atoms with Gasteiger partial charge in [-0.25, -0.2) is 4.98 Å². The normalized spacial score (nSPS) is 10.2. The van der Waals surface area contributed by atoms with E-state index in [0.717, 1.165) is 22.1 Å². The number of methoxy groups -OCH3 is 1. The zero-order valence-electron chi connectivity index (χ0n) is 9.57. The molecule has 3 nitrogen and oxygen atoms in total. The molecule has 1 heterocycles. The molecule has 16 heavy (non-hydrogen) atoms. The Morgan fingerprint density at radius 3 is 2.75 bits per heavy atom. The topological polar surface area (TPSA) is 34.1 Å². The molecule has 0 aliphatic rings. The molecule has 0 spiro atoms. The molecule has 0 bridgehead atoms. The van der Waals surface area contributed by atoms with Gasteiger partial charge in [0, 0.05) is 11.6 Å². The fourth-order valence-corrected chi connectivity index (χ4v) is 2.26. The largest absolute Gasteiger partial charge is 0.494 e. The van der Waals surface area contributed by atoms with Gasteiger partial charge in [0.05, 0.1) is 12.8 Å². The van der Waals surface area contributed by atoms with Gasteiger partial charge >= 0.3 is 0 Å². The van der Waals surface area contributed by atoms with Crippen molar-refractivity contribution in [2.24, 2.45) is 0 Å². The van der Waals surface area contributed by atoms with Gasteiger partial charge in [-0.1, -0.05) is 6.07 Å². The van der Waals surface area contributed by atoms with E-state index in [0.29, 0.717) is 0 Å². The lowest BCUT2D eigenvalue weighted by Gasteiger charge is -2.12. The maximum absolute atomic E-state index is 5.39. The summed E-state index contributed by atoms with van der Waals surface area (Å²) in [5.41, 5.74) is 3.30. The second-order valence-electron chi connectivity index (χ2n) is 3.62. The predicted molar refractivity (Wildman–Crippen MR) is 67.9 cm³/mol. The van der Waals surface area contributed by atoms with Crippen molar-refractivity contribution in [3.63, 3.8) is 0 Å². The molecule has 84 valence electrons. The van der Waals surface area contributed by atoms with Crippen LogP contribution >= 0.6 is 11.3 Å². The van der Waals surface area contributed by atoms with Crippen LogP contribution in [0.1, 0.15) is 11.1 Å². The van der Waals surface area contributed by atoms with Gasteiger partial charge in [0.15, 0.2) is 5.13 Å². The van der Waals surface area contributed by atoms with Crippen LogP contribution in [-0.2, 0) is 0 Å². The third-order valence-corrected chi connectivity index (χ3v) is 2.99. The number of thiazole rings is 1. The zero-order chi connectivity index (χ0) is 11.5. The number of ether oxygens (including phenoxy) is 1. The minimum atomic E-state index is 0.876. The molecule has 0 saturated carbocycles. The van der Waals surface area contributed by atoms with Gasteiger partial charge in [0.25, 0.3) is 0 Å². The van der Waals surface area contributed by atoms with Gasteiger partial charge in [-0.2, -0.15) is 0 Å². The molecule has 4 heteroatoms. The number of hydrogen-bond donors (Lipinski definition) is 1. The van der Waals surface area contributed by atoms with E-state index in [1.807, 2.05) is 12.3 Å².